The van der Waals surface area contributed by atoms with E-state index in [1.54, 1.807) is 0 Å². The molecule has 1 aromatic carbocycles. The third kappa shape index (κ3) is 2.60. The minimum atomic E-state index is 0.275. The first kappa shape index (κ1) is 14.0. The number of rotatable bonds is 3. The number of thioether (sulfide) groups is 1. The van der Waals surface area contributed by atoms with E-state index >= 15 is 0 Å². The van der Waals surface area contributed by atoms with Gasteiger partial charge in [-0.15, -0.1) is 0 Å². The summed E-state index contributed by atoms with van der Waals surface area (Å²) in [5.74, 6) is 3.48. The largest absolute Gasteiger partial charge is 0.461 e. The lowest BCUT2D eigenvalue weighted by molar-refractivity contribution is 0.217. The van der Waals surface area contributed by atoms with Crippen molar-refractivity contribution in [1.82, 2.24) is 4.90 Å². The normalized spacial score (nSPS) is 19.1. The minimum Gasteiger partial charge on any atom is -0.461 e. The molecule has 0 spiro atoms. The first-order valence-corrected chi connectivity index (χ1v) is 8.46. The van der Waals surface area contributed by atoms with Gasteiger partial charge in [-0.25, -0.2) is 0 Å². The lowest BCUT2D eigenvalue weighted by Gasteiger charge is -2.29. The Morgan fingerprint density at radius 2 is 2.15 bits per heavy atom. The molecule has 0 aliphatic carbocycles. The maximum atomic E-state index is 6.12. The number of fused-ring (bicyclic) bond motifs is 1. The number of hydrogen-bond acceptors (Lipinski definition) is 4. The van der Waals surface area contributed by atoms with Gasteiger partial charge in [0.05, 0.1) is 6.04 Å². The number of benzene rings is 1. The van der Waals surface area contributed by atoms with Crippen molar-refractivity contribution in [2.45, 2.75) is 19.4 Å². The highest BCUT2D eigenvalue weighted by Gasteiger charge is 2.25. The van der Waals surface area contributed by atoms with Crippen LogP contribution in [0.1, 0.15) is 23.8 Å². The molecule has 1 fully saturated rings. The molecule has 20 heavy (non-hydrogen) atoms. The summed E-state index contributed by atoms with van der Waals surface area (Å²) in [5.41, 5.74) is 8.38. The molecule has 2 heterocycles. The van der Waals surface area contributed by atoms with E-state index in [0.717, 1.165) is 24.4 Å². The highest BCUT2D eigenvalue weighted by molar-refractivity contribution is 7.99. The monoisotopic (exact) mass is 290 g/mol. The van der Waals surface area contributed by atoms with Gasteiger partial charge in [-0.05, 0) is 31.7 Å². The second-order valence-electron chi connectivity index (χ2n) is 5.32. The van der Waals surface area contributed by atoms with Crippen molar-refractivity contribution in [2.24, 2.45) is 5.73 Å². The molecule has 1 atom stereocenters. The molecule has 1 aromatic heterocycles. The van der Waals surface area contributed by atoms with Crippen LogP contribution < -0.4 is 5.73 Å². The standard InChI is InChI=1S/C16H22N2OS/c1-12-16(13-5-2-3-6-15(13)19-12)14(11-17)18-7-4-9-20-10-8-18/h2-3,5-6,14H,4,7-11,17H2,1H3. The summed E-state index contributed by atoms with van der Waals surface area (Å²) in [5, 5.41) is 1.22. The van der Waals surface area contributed by atoms with Crippen LogP contribution in [0.25, 0.3) is 11.0 Å². The van der Waals surface area contributed by atoms with Gasteiger partial charge in [0.25, 0.3) is 0 Å². The van der Waals surface area contributed by atoms with Crippen LogP contribution >= 0.6 is 11.8 Å². The topological polar surface area (TPSA) is 42.4 Å². The van der Waals surface area contributed by atoms with Crippen molar-refractivity contribution in [3.05, 3.63) is 35.6 Å². The molecule has 0 bridgehead atoms. The smallest absolute Gasteiger partial charge is 0.134 e. The van der Waals surface area contributed by atoms with Gasteiger partial charge in [0.2, 0.25) is 0 Å². The third-order valence-corrected chi connectivity index (χ3v) is 5.12. The average molecular weight is 290 g/mol. The van der Waals surface area contributed by atoms with Crippen LogP contribution in [0.4, 0.5) is 0 Å². The highest BCUT2D eigenvalue weighted by Crippen LogP contribution is 2.33. The van der Waals surface area contributed by atoms with Crippen LogP contribution in [0, 0.1) is 6.92 Å². The molecule has 1 aliphatic heterocycles. The Morgan fingerprint density at radius 1 is 1.30 bits per heavy atom. The fourth-order valence-electron chi connectivity index (χ4n) is 3.13. The fraction of sp³-hybridized carbons (Fsp3) is 0.500. The van der Waals surface area contributed by atoms with Crippen LogP contribution in [-0.2, 0) is 0 Å². The van der Waals surface area contributed by atoms with E-state index in [0.29, 0.717) is 6.54 Å². The quantitative estimate of drug-likeness (QED) is 0.943. The zero-order chi connectivity index (χ0) is 13.9. The van der Waals surface area contributed by atoms with Crippen molar-refractivity contribution < 1.29 is 4.42 Å². The van der Waals surface area contributed by atoms with Crippen LogP contribution in [0.3, 0.4) is 0 Å². The number of hydrogen-bond donors (Lipinski definition) is 1. The maximum Gasteiger partial charge on any atom is 0.134 e. The van der Waals surface area contributed by atoms with Gasteiger partial charge in [-0.1, -0.05) is 18.2 Å². The Morgan fingerprint density at radius 3 is 3.00 bits per heavy atom. The predicted molar refractivity (Wildman–Crippen MR) is 86.3 cm³/mol. The summed E-state index contributed by atoms with van der Waals surface area (Å²) in [7, 11) is 0. The van der Waals surface area contributed by atoms with Crippen molar-refractivity contribution in [2.75, 3.05) is 31.1 Å². The predicted octanol–water partition coefficient (Wildman–Crippen LogP) is 3.18. The van der Waals surface area contributed by atoms with Crippen molar-refractivity contribution in [3.8, 4) is 0 Å². The van der Waals surface area contributed by atoms with Crippen molar-refractivity contribution >= 4 is 22.7 Å². The van der Waals surface area contributed by atoms with Gasteiger partial charge >= 0.3 is 0 Å². The minimum absolute atomic E-state index is 0.275. The molecule has 1 saturated heterocycles. The molecule has 108 valence electrons. The molecular formula is C16H22N2OS. The first-order chi connectivity index (χ1) is 9.81. The highest BCUT2D eigenvalue weighted by atomic mass is 32.2. The SMILES string of the molecule is Cc1oc2ccccc2c1C(CN)N1CCCSCC1. The van der Waals surface area contributed by atoms with Gasteiger partial charge in [0.1, 0.15) is 11.3 Å². The summed E-state index contributed by atoms with van der Waals surface area (Å²) >= 11 is 2.05. The molecule has 1 aliphatic rings. The van der Waals surface area contributed by atoms with E-state index in [4.69, 9.17) is 10.2 Å². The second kappa shape index (κ2) is 6.20. The third-order valence-electron chi connectivity index (χ3n) is 4.07. The molecule has 3 rings (SSSR count). The van der Waals surface area contributed by atoms with E-state index < -0.39 is 0 Å². The van der Waals surface area contributed by atoms with Crippen molar-refractivity contribution in [3.63, 3.8) is 0 Å². The summed E-state index contributed by atoms with van der Waals surface area (Å²) in [6, 6.07) is 8.56. The number of nitrogens with zero attached hydrogens (tertiary/aromatic N) is 1. The van der Waals surface area contributed by atoms with Gasteiger partial charge < -0.3 is 10.2 Å². The van der Waals surface area contributed by atoms with Gasteiger partial charge in [-0.3, -0.25) is 4.90 Å². The maximum absolute atomic E-state index is 6.12. The van der Waals surface area contributed by atoms with Crippen LogP contribution in [0.15, 0.2) is 28.7 Å². The molecule has 1 unspecified atom stereocenters. The molecular weight excluding hydrogens is 268 g/mol. The fourth-order valence-corrected chi connectivity index (χ4v) is 4.03. The number of para-hydroxylation sites is 1. The molecule has 0 saturated carbocycles. The molecule has 0 amide bonds. The molecule has 2 aromatic rings. The zero-order valence-electron chi connectivity index (χ0n) is 12.0. The molecule has 3 nitrogen and oxygen atoms in total. The van der Waals surface area contributed by atoms with Crippen LogP contribution in [0.2, 0.25) is 0 Å². The Bertz CT molecular complexity index is 573. The van der Waals surface area contributed by atoms with E-state index in [2.05, 4.69) is 24.0 Å². The number of nitrogens with two attached hydrogens (primary N) is 1. The van der Waals surface area contributed by atoms with Gasteiger partial charge in [0.15, 0.2) is 0 Å². The molecule has 0 radical (unpaired) electrons. The average Bonchev–Trinajstić information content (AvgIpc) is 2.66. The van der Waals surface area contributed by atoms with Gasteiger partial charge in [0, 0.05) is 29.8 Å². The summed E-state index contributed by atoms with van der Waals surface area (Å²) in [4.78, 5) is 2.53. The Labute approximate surface area is 124 Å². The Kier molecular flexibility index (Phi) is 4.34. The van der Waals surface area contributed by atoms with Crippen molar-refractivity contribution in [1.29, 1.82) is 0 Å². The molecule has 4 heteroatoms. The number of aryl methyl sites for hydroxylation is 1. The van der Waals surface area contributed by atoms with Crippen LogP contribution in [-0.4, -0.2) is 36.0 Å². The summed E-state index contributed by atoms with van der Waals surface area (Å²) < 4.78 is 5.92. The van der Waals surface area contributed by atoms with Gasteiger partial charge in [-0.2, -0.15) is 11.8 Å². The number of furan rings is 1. The Balaban J connectivity index is 1.99. The van der Waals surface area contributed by atoms with E-state index in [-0.39, 0.29) is 6.04 Å². The molecule has 2 N–H and O–H groups in total. The van der Waals surface area contributed by atoms with E-state index in [1.807, 2.05) is 23.9 Å². The summed E-state index contributed by atoms with van der Waals surface area (Å²) in [6.07, 6.45) is 1.25. The van der Waals surface area contributed by atoms with Crippen LogP contribution in [0.5, 0.6) is 0 Å². The lowest BCUT2D eigenvalue weighted by Crippen LogP contribution is -2.35. The zero-order valence-corrected chi connectivity index (χ0v) is 12.8. The summed E-state index contributed by atoms with van der Waals surface area (Å²) in [6.45, 7) is 4.96. The first-order valence-electron chi connectivity index (χ1n) is 7.31. The van der Waals surface area contributed by atoms with E-state index in [9.17, 15) is 0 Å². The lowest BCUT2D eigenvalue weighted by atomic mass is 10.0. The second-order valence-corrected chi connectivity index (χ2v) is 6.55. The Hall–Kier alpha value is -0.970. The van der Waals surface area contributed by atoms with E-state index in [1.165, 1.54) is 28.9 Å².